The molecule has 16 heavy (non-hydrogen) atoms. The fourth-order valence-corrected chi connectivity index (χ4v) is 0.921. The van der Waals surface area contributed by atoms with Crippen LogP contribution in [0.15, 0.2) is 0 Å². The molecule has 0 aromatic carbocycles. The van der Waals surface area contributed by atoms with Crippen molar-refractivity contribution in [1.82, 2.24) is 15.0 Å². The van der Waals surface area contributed by atoms with Gasteiger partial charge in [0.25, 0.3) is 0 Å². The third-order valence-corrected chi connectivity index (χ3v) is 1.85. The van der Waals surface area contributed by atoms with Crippen LogP contribution >= 0.6 is 0 Å². The van der Waals surface area contributed by atoms with Gasteiger partial charge in [-0.05, 0) is 5.92 Å². The van der Waals surface area contributed by atoms with Gasteiger partial charge in [0, 0.05) is 13.2 Å². The van der Waals surface area contributed by atoms with Gasteiger partial charge < -0.3 is 15.2 Å². The molecule has 0 fully saturated rings. The number of nitrogens with zero attached hydrogens (tertiary/aromatic N) is 3. The molecule has 0 amide bonds. The smallest absolute Gasteiger partial charge is 0.322 e. The summed E-state index contributed by atoms with van der Waals surface area (Å²) in [4.78, 5) is 11.8. The Hall–Kier alpha value is -1.67. The van der Waals surface area contributed by atoms with E-state index in [9.17, 15) is 0 Å². The van der Waals surface area contributed by atoms with Crippen LogP contribution in [0.2, 0.25) is 0 Å². The molecule has 0 saturated carbocycles. The fourth-order valence-electron chi connectivity index (χ4n) is 0.921. The number of nitrogen functional groups attached to an aromatic ring is 1. The lowest BCUT2D eigenvalue weighted by Crippen LogP contribution is -2.18. The molecule has 0 radical (unpaired) electrons. The number of methoxy groups -OCH3 is 1. The van der Waals surface area contributed by atoms with E-state index in [1.165, 1.54) is 7.11 Å². The summed E-state index contributed by atoms with van der Waals surface area (Å²) in [5, 5.41) is 11.8. The molecule has 1 unspecified atom stereocenters. The molecule has 8 heteroatoms. The van der Waals surface area contributed by atoms with E-state index in [-0.39, 0.29) is 24.5 Å². The van der Waals surface area contributed by atoms with E-state index in [1.54, 1.807) is 0 Å². The van der Waals surface area contributed by atoms with Crippen LogP contribution in [0, 0.1) is 5.92 Å². The predicted octanol–water partition coefficient (Wildman–Crippen LogP) is -0.794. The molecule has 0 aliphatic rings. The number of aliphatic hydroxyl groups is 1. The maximum Gasteiger partial charge on any atom is 0.322 e. The monoisotopic (exact) mass is 228 g/mol. The van der Waals surface area contributed by atoms with Crippen molar-refractivity contribution in [2.45, 2.75) is 6.92 Å². The summed E-state index contributed by atoms with van der Waals surface area (Å²) in [6, 6.07) is 0.169. The Kier molecular flexibility index (Phi) is 4.67. The average Bonchev–Trinajstić information content (AvgIpc) is 2.35. The summed E-state index contributed by atoms with van der Waals surface area (Å²) in [7, 11) is 1.45. The first kappa shape index (κ1) is 12.4. The van der Waals surface area contributed by atoms with E-state index in [2.05, 4.69) is 25.7 Å². The standard InChI is InChI=1S/C8H16N6O2/c1-5(4-15)3-10-6-11-7(14-9)13-8(12-6)16-2/h5,15H,3-4,9H2,1-2H3,(H2,10,11,12,13,14). The lowest BCUT2D eigenvalue weighted by atomic mass is 10.2. The maximum absolute atomic E-state index is 8.86. The molecule has 0 saturated heterocycles. The fraction of sp³-hybridized carbons (Fsp3) is 0.625. The molecular weight excluding hydrogens is 212 g/mol. The van der Waals surface area contributed by atoms with Gasteiger partial charge in [-0.25, -0.2) is 5.84 Å². The molecule has 0 bridgehead atoms. The van der Waals surface area contributed by atoms with Crippen LogP contribution in [0.1, 0.15) is 6.92 Å². The highest BCUT2D eigenvalue weighted by Gasteiger charge is 2.06. The first-order chi connectivity index (χ1) is 7.69. The predicted molar refractivity (Wildman–Crippen MR) is 58.9 cm³/mol. The molecule has 1 aromatic rings. The zero-order valence-electron chi connectivity index (χ0n) is 9.27. The summed E-state index contributed by atoms with van der Waals surface area (Å²) in [5.41, 5.74) is 2.31. The minimum Gasteiger partial charge on any atom is -0.467 e. The third kappa shape index (κ3) is 3.48. The molecule has 0 aliphatic heterocycles. The minimum atomic E-state index is 0.0945. The quantitative estimate of drug-likeness (QED) is 0.369. The van der Waals surface area contributed by atoms with Crippen LogP contribution < -0.4 is 21.3 Å². The Bertz CT molecular complexity index is 312. The van der Waals surface area contributed by atoms with Crippen LogP contribution in [0.5, 0.6) is 6.01 Å². The maximum atomic E-state index is 8.86. The van der Waals surface area contributed by atoms with Gasteiger partial charge in [-0.2, -0.15) is 15.0 Å². The topological polar surface area (TPSA) is 118 Å². The summed E-state index contributed by atoms with van der Waals surface area (Å²) < 4.78 is 4.88. The molecule has 1 heterocycles. The lowest BCUT2D eigenvalue weighted by Gasteiger charge is -2.10. The number of hydrazine groups is 1. The summed E-state index contributed by atoms with van der Waals surface area (Å²) in [6.45, 7) is 2.54. The van der Waals surface area contributed by atoms with Crippen molar-refractivity contribution < 1.29 is 9.84 Å². The zero-order valence-corrected chi connectivity index (χ0v) is 9.27. The number of aliphatic hydroxyl groups excluding tert-OH is 1. The first-order valence-electron chi connectivity index (χ1n) is 4.81. The molecule has 5 N–H and O–H groups in total. The largest absolute Gasteiger partial charge is 0.467 e. The lowest BCUT2D eigenvalue weighted by molar-refractivity contribution is 0.244. The van der Waals surface area contributed by atoms with Crippen molar-refractivity contribution in [2.24, 2.45) is 11.8 Å². The van der Waals surface area contributed by atoms with Crippen LogP contribution in [-0.2, 0) is 0 Å². The number of nitrogens with two attached hydrogens (primary N) is 1. The third-order valence-electron chi connectivity index (χ3n) is 1.85. The first-order valence-corrected chi connectivity index (χ1v) is 4.81. The summed E-state index contributed by atoms with van der Waals surface area (Å²) >= 11 is 0. The molecule has 0 aliphatic carbocycles. The van der Waals surface area contributed by atoms with Gasteiger partial charge in [0.15, 0.2) is 0 Å². The van der Waals surface area contributed by atoms with Gasteiger partial charge >= 0.3 is 6.01 Å². The highest BCUT2D eigenvalue weighted by Crippen LogP contribution is 2.10. The zero-order chi connectivity index (χ0) is 12.0. The molecular formula is C8H16N6O2. The molecule has 1 rings (SSSR count). The van der Waals surface area contributed by atoms with Gasteiger partial charge in [0.1, 0.15) is 0 Å². The van der Waals surface area contributed by atoms with Crippen LogP contribution in [-0.4, -0.2) is 40.3 Å². The minimum absolute atomic E-state index is 0.0945. The Morgan fingerprint density at radius 1 is 1.38 bits per heavy atom. The van der Waals surface area contributed by atoms with E-state index in [1.807, 2.05) is 6.92 Å². The van der Waals surface area contributed by atoms with Crippen molar-refractivity contribution in [3.8, 4) is 6.01 Å². The van der Waals surface area contributed by atoms with E-state index in [0.717, 1.165) is 0 Å². The van der Waals surface area contributed by atoms with E-state index in [0.29, 0.717) is 12.5 Å². The second kappa shape index (κ2) is 6.03. The van der Waals surface area contributed by atoms with Crippen molar-refractivity contribution in [3.05, 3.63) is 0 Å². The molecule has 90 valence electrons. The Balaban J connectivity index is 2.71. The number of aromatic nitrogens is 3. The second-order valence-corrected chi connectivity index (χ2v) is 3.28. The molecule has 1 atom stereocenters. The second-order valence-electron chi connectivity index (χ2n) is 3.28. The number of ether oxygens (including phenoxy) is 1. The Morgan fingerprint density at radius 3 is 2.62 bits per heavy atom. The molecule has 1 aromatic heterocycles. The van der Waals surface area contributed by atoms with Crippen LogP contribution in [0.4, 0.5) is 11.9 Å². The number of hydrogen-bond donors (Lipinski definition) is 4. The Morgan fingerprint density at radius 2 is 2.06 bits per heavy atom. The molecule has 8 nitrogen and oxygen atoms in total. The normalized spacial score (nSPS) is 12.0. The Labute approximate surface area is 93.2 Å². The van der Waals surface area contributed by atoms with Crippen LogP contribution in [0.25, 0.3) is 0 Å². The van der Waals surface area contributed by atoms with Crippen molar-refractivity contribution in [2.75, 3.05) is 31.0 Å². The van der Waals surface area contributed by atoms with E-state index < -0.39 is 0 Å². The number of anilines is 2. The highest BCUT2D eigenvalue weighted by atomic mass is 16.5. The average molecular weight is 228 g/mol. The van der Waals surface area contributed by atoms with Gasteiger partial charge in [-0.15, -0.1) is 0 Å². The summed E-state index contributed by atoms with van der Waals surface area (Å²) in [5.74, 6) is 5.87. The van der Waals surface area contributed by atoms with Crippen molar-refractivity contribution in [1.29, 1.82) is 0 Å². The number of hydrogen-bond acceptors (Lipinski definition) is 8. The highest BCUT2D eigenvalue weighted by molar-refractivity contribution is 5.34. The molecule has 0 spiro atoms. The van der Waals surface area contributed by atoms with Gasteiger partial charge in [-0.1, -0.05) is 6.92 Å². The van der Waals surface area contributed by atoms with Crippen LogP contribution in [0.3, 0.4) is 0 Å². The van der Waals surface area contributed by atoms with Gasteiger partial charge in [0.2, 0.25) is 11.9 Å². The number of rotatable bonds is 6. The van der Waals surface area contributed by atoms with Crippen molar-refractivity contribution in [3.63, 3.8) is 0 Å². The van der Waals surface area contributed by atoms with E-state index >= 15 is 0 Å². The van der Waals surface area contributed by atoms with E-state index in [4.69, 9.17) is 15.7 Å². The SMILES string of the molecule is COc1nc(NN)nc(NCC(C)CO)n1. The number of nitrogens with one attached hydrogen (secondary N) is 2. The summed E-state index contributed by atoms with van der Waals surface area (Å²) in [6.07, 6.45) is 0. The van der Waals surface area contributed by atoms with Gasteiger partial charge in [0.05, 0.1) is 7.11 Å². The van der Waals surface area contributed by atoms with Crippen molar-refractivity contribution >= 4 is 11.9 Å². The van der Waals surface area contributed by atoms with Gasteiger partial charge in [-0.3, -0.25) is 5.43 Å².